The third-order valence-corrected chi connectivity index (χ3v) is 8.70. The first-order valence-electron chi connectivity index (χ1n) is 13.3. The predicted octanol–water partition coefficient (Wildman–Crippen LogP) is 3.71. The van der Waals surface area contributed by atoms with Crippen molar-refractivity contribution in [1.29, 1.82) is 0 Å². The van der Waals surface area contributed by atoms with Crippen molar-refractivity contribution >= 4 is 34.8 Å². The largest absolute Gasteiger partial charge is 0.401 e. The number of aliphatic hydroxyl groups is 1. The van der Waals surface area contributed by atoms with E-state index in [2.05, 4.69) is 10.3 Å². The fourth-order valence-electron chi connectivity index (χ4n) is 5.16. The highest BCUT2D eigenvalue weighted by Gasteiger charge is 2.45. The molecule has 1 aliphatic heterocycles. The highest BCUT2D eigenvalue weighted by Crippen LogP contribution is 2.36. The molecule has 9 nitrogen and oxygen atoms in total. The van der Waals surface area contributed by atoms with Crippen molar-refractivity contribution in [3.63, 3.8) is 0 Å². The van der Waals surface area contributed by atoms with Crippen LogP contribution in [0.25, 0.3) is 10.4 Å². The molecular formula is C28H39ClN6O3S. The number of halogens is 1. The lowest BCUT2D eigenvalue weighted by atomic mass is 9.85. The molecule has 212 valence electrons. The summed E-state index contributed by atoms with van der Waals surface area (Å²) in [5.74, 6) is 6.00. The zero-order valence-electron chi connectivity index (χ0n) is 23.1. The molecule has 2 aliphatic rings. The zero-order chi connectivity index (χ0) is 28.6. The van der Waals surface area contributed by atoms with Gasteiger partial charge in [-0.05, 0) is 49.3 Å². The molecule has 1 aromatic carbocycles. The van der Waals surface area contributed by atoms with E-state index in [0.29, 0.717) is 16.6 Å². The lowest BCUT2D eigenvalue weighted by Crippen LogP contribution is -2.58. The fourth-order valence-corrected chi connectivity index (χ4v) is 6.31. The number of carbonyl (C=O) groups is 2. The van der Waals surface area contributed by atoms with Crippen molar-refractivity contribution in [1.82, 2.24) is 20.2 Å². The maximum Gasteiger partial charge on any atom is 0.248 e. The van der Waals surface area contributed by atoms with E-state index < -0.39 is 29.6 Å². The van der Waals surface area contributed by atoms with Crippen molar-refractivity contribution < 1.29 is 14.7 Å². The Morgan fingerprint density at radius 1 is 1.33 bits per heavy atom. The maximum atomic E-state index is 13.9. The number of amides is 2. The number of allylic oxidation sites excluding steroid dienone is 1. The summed E-state index contributed by atoms with van der Waals surface area (Å²) in [7, 11) is 0. The van der Waals surface area contributed by atoms with Crippen LogP contribution in [-0.2, 0) is 9.59 Å². The van der Waals surface area contributed by atoms with Crippen LogP contribution in [0.1, 0.15) is 64.3 Å². The molecule has 4 atom stereocenters. The fraction of sp³-hybridized carbons (Fsp3) is 0.536. The van der Waals surface area contributed by atoms with E-state index in [4.69, 9.17) is 23.2 Å². The number of aromatic nitrogens is 1. The van der Waals surface area contributed by atoms with E-state index in [9.17, 15) is 14.7 Å². The van der Waals surface area contributed by atoms with Crippen LogP contribution in [-0.4, -0.2) is 56.5 Å². The Bertz CT molecular complexity index is 1250. The predicted molar refractivity (Wildman–Crippen MR) is 154 cm³/mol. The molecule has 2 heterocycles. The molecule has 2 amide bonds. The average Bonchev–Trinajstić information content (AvgIpc) is 3.49. The maximum absolute atomic E-state index is 13.9. The Morgan fingerprint density at radius 3 is 2.59 bits per heavy atom. The van der Waals surface area contributed by atoms with E-state index in [1.165, 1.54) is 9.91 Å². The van der Waals surface area contributed by atoms with Crippen LogP contribution >= 0.6 is 22.9 Å². The van der Waals surface area contributed by atoms with Gasteiger partial charge in [0.2, 0.25) is 11.8 Å². The Kier molecular flexibility index (Phi) is 8.61. The summed E-state index contributed by atoms with van der Waals surface area (Å²) < 4.78 is 0. The number of benzene rings is 1. The third-order valence-electron chi connectivity index (χ3n) is 7.40. The molecule has 6 N–H and O–H groups in total. The molecule has 4 rings (SSSR count). The first kappa shape index (κ1) is 29.3. The number of nitrogens with zero attached hydrogens (tertiary/aromatic N) is 3. The van der Waals surface area contributed by atoms with Gasteiger partial charge in [-0.2, -0.15) is 0 Å². The molecule has 1 aromatic heterocycles. The summed E-state index contributed by atoms with van der Waals surface area (Å²) in [6.07, 6.45) is 2.99. The quantitative estimate of drug-likeness (QED) is 0.278. The minimum absolute atomic E-state index is 0.0528. The number of nitrogens with two attached hydrogens (primary N) is 2. The van der Waals surface area contributed by atoms with Crippen molar-refractivity contribution in [2.24, 2.45) is 22.9 Å². The lowest BCUT2D eigenvalue weighted by molar-refractivity contribution is -0.145. The monoisotopic (exact) mass is 574 g/mol. The van der Waals surface area contributed by atoms with Gasteiger partial charge in [0.25, 0.3) is 0 Å². The second kappa shape index (κ2) is 11.4. The molecule has 2 fully saturated rings. The number of carbonyl (C=O) groups excluding carboxylic acids is 2. The number of hydrogen-bond donors (Lipinski definition) is 4. The number of nitrogens with one attached hydrogen (secondary N) is 1. The van der Waals surface area contributed by atoms with E-state index in [1.807, 2.05) is 52.8 Å². The standard InChI is InChI=1S/C28H39ClN6O3S/c1-15(20-9-8-18(10-21(20)29)24-16(2)32-14-39-24)33-26(37)23-11-19(36)12-34(23)27(38)25(28(3,4)5)35(31)13-22(30)17-6-7-17/h8-10,13-15,17,19,23,25,36H,6-7,11-12,30-31H2,1-5H3,(H,33,37)/b22-13-. The van der Waals surface area contributed by atoms with Crippen LogP contribution in [0.3, 0.4) is 0 Å². The van der Waals surface area contributed by atoms with Crippen molar-refractivity contribution in [3.05, 3.63) is 51.9 Å². The van der Waals surface area contributed by atoms with Gasteiger partial charge in [-0.25, -0.2) is 10.8 Å². The minimum atomic E-state index is -0.837. The summed E-state index contributed by atoms with van der Waals surface area (Å²) in [5, 5.41) is 15.4. The van der Waals surface area contributed by atoms with Crippen LogP contribution in [0.15, 0.2) is 35.6 Å². The summed E-state index contributed by atoms with van der Waals surface area (Å²) in [6, 6.07) is 3.71. The number of rotatable bonds is 8. The smallest absolute Gasteiger partial charge is 0.248 e. The molecule has 1 saturated heterocycles. The second-order valence-electron chi connectivity index (χ2n) is 11.7. The molecule has 39 heavy (non-hydrogen) atoms. The molecule has 0 radical (unpaired) electrons. The molecule has 11 heteroatoms. The highest BCUT2D eigenvalue weighted by atomic mass is 35.5. The first-order valence-corrected chi connectivity index (χ1v) is 14.5. The van der Waals surface area contributed by atoms with E-state index >= 15 is 0 Å². The number of aryl methyl sites for hydroxylation is 1. The van der Waals surface area contributed by atoms with Gasteiger partial charge in [-0.1, -0.05) is 44.5 Å². The number of aliphatic hydroxyl groups excluding tert-OH is 1. The van der Waals surface area contributed by atoms with Gasteiger partial charge in [-0.3, -0.25) is 9.59 Å². The number of hydrogen-bond acceptors (Lipinski definition) is 8. The summed E-state index contributed by atoms with van der Waals surface area (Å²) in [6.45, 7) is 9.60. The molecule has 0 spiro atoms. The first-order chi connectivity index (χ1) is 18.3. The summed E-state index contributed by atoms with van der Waals surface area (Å²) in [5.41, 5.74) is 10.7. The van der Waals surface area contributed by atoms with Gasteiger partial charge in [0, 0.05) is 35.8 Å². The molecule has 1 saturated carbocycles. The van der Waals surface area contributed by atoms with Gasteiger partial charge in [0.1, 0.15) is 12.1 Å². The van der Waals surface area contributed by atoms with Gasteiger partial charge < -0.3 is 26.1 Å². The van der Waals surface area contributed by atoms with Crippen molar-refractivity contribution in [2.75, 3.05) is 6.54 Å². The van der Waals surface area contributed by atoms with Crippen LogP contribution in [0.4, 0.5) is 0 Å². The Hall–Kier alpha value is -2.66. The van der Waals surface area contributed by atoms with Crippen LogP contribution in [0.2, 0.25) is 5.02 Å². The van der Waals surface area contributed by atoms with Crippen molar-refractivity contribution in [2.45, 2.75) is 78.1 Å². The Labute approximate surface area is 239 Å². The second-order valence-corrected chi connectivity index (χ2v) is 13.0. The summed E-state index contributed by atoms with van der Waals surface area (Å²) >= 11 is 8.17. The number of likely N-dealkylation sites (tertiary alicyclic amines) is 1. The van der Waals surface area contributed by atoms with Gasteiger partial charge >= 0.3 is 0 Å². The number of β-amino-alcohol motifs (C(OH)–C–C–N with tert-alkyl or cyclic N) is 1. The molecule has 1 aliphatic carbocycles. The van der Waals surface area contributed by atoms with E-state index in [-0.39, 0.29) is 24.8 Å². The summed E-state index contributed by atoms with van der Waals surface area (Å²) in [4.78, 5) is 34.1. The van der Waals surface area contributed by atoms with Crippen LogP contribution in [0.5, 0.6) is 0 Å². The van der Waals surface area contributed by atoms with Crippen LogP contribution in [0, 0.1) is 18.3 Å². The molecule has 2 aromatic rings. The SMILES string of the molecule is Cc1ncsc1-c1ccc(C(C)NC(=O)C2CC(O)CN2C(=O)C(N(N)/C=C(\N)C2CC2)C(C)(C)C)c(Cl)c1. The Morgan fingerprint density at radius 2 is 2.03 bits per heavy atom. The van der Waals surface area contributed by atoms with Crippen molar-refractivity contribution in [3.8, 4) is 10.4 Å². The highest BCUT2D eigenvalue weighted by molar-refractivity contribution is 7.13. The number of thiazole rings is 1. The Balaban J connectivity index is 1.50. The normalized spacial score (nSPS) is 21.5. The number of hydrazine groups is 1. The average molecular weight is 575 g/mol. The molecule has 4 unspecified atom stereocenters. The van der Waals surface area contributed by atoms with Gasteiger partial charge in [-0.15, -0.1) is 11.3 Å². The third kappa shape index (κ3) is 6.57. The lowest BCUT2D eigenvalue weighted by Gasteiger charge is -2.39. The van der Waals surface area contributed by atoms with Gasteiger partial charge in [0.15, 0.2) is 0 Å². The van der Waals surface area contributed by atoms with E-state index in [0.717, 1.165) is 34.5 Å². The topological polar surface area (TPSA) is 138 Å². The molecular weight excluding hydrogens is 536 g/mol. The van der Waals surface area contributed by atoms with E-state index in [1.54, 1.807) is 23.0 Å². The zero-order valence-corrected chi connectivity index (χ0v) is 24.7. The molecule has 0 bridgehead atoms. The minimum Gasteiger partial charge on any atom is -0.401 e. The van der Waals surface area contributed by atoms with Gasteiger partial charge in [0.05, 0.1) is 28.2 Å². The van der Waals surface area contributed by atoms with Crippen LogP contribution < -0.4 is 16.9 Å².